The lowest BCUT2D eigenvalue weighted by Gasteiger charge is -2.34. The topological polar surface area (TPSA) is 96.0 Å². The van der Waals surface area contributed by atoms with Crippen LogP contribution < -0.4 is 14.4 Å². The summed E-state index contributed by atoms with van der Waals surface area (Å²) < 4.78 is 32.1. The van der Waals surface area contributed by atoms with Crippen molar-refractivity contribution in [1.82, 2.24) is 10.2 Å². The number of hydrogen-bond donors (Lipinski definition) is 1. The molecule has 2 amide bonds. The highest BCUT2D eigenvalue weighted by Crippen LogP contribution is 2.30. The van der Waals surface area contributed by atoms with Gasteiger partial charge in [0.25, 0.3) is 0 Å². The molecule has 0 saturated carbocycles. The van der Waals surface area contributed by atoms with Crippen LogP contribution in [0, 0.1) is 0 Å². The summed E-state index contributed by atoms with van der Waals surface area (Å²) >= 11 is 12.4. The normalized spacial score (nSPS) is 12.3. The van der Waals surface area contributed by atoms with E-state index in [2.05, 4.69) is 5.32 Å². The van der Waals surface area contributed by atoms with Gasteiger partial charge in [-0.05, 0) is 62.6 Å². The molecule has 0 saturated heterocycles. The van der Waals surface area contributed by atoms with E-state index in [1.165, 1.54) is 11.4 Å². The standard InChI is InChI=1S/C32H39Cl2N3O5S/c1-32(2,3)35-31(39)28(21-23-12-7-6-8-13-23)36(22-24-17-18-25(33)26(34)20-24)30(38)16-11-19-37(43(5,40)41)27-14-9-10-15-29(27)42-4/h6-10,12-15,17-18,20,28H,11,16,19,21-22H2,1-5H3,(H,35,39)/t28-/m1/s1. The Balaban J connectivity index is 1.94. The van der Waals surface area contributed by atoms with Gasteiger partial charge in [-0.3, -0.25) is 13.9 Å². The third-order valence-electron chi connectivity index (χ3n) is 6.61. The van der Waals surface area contributed by atoms with Crippen LogP contribution in [0.2, 0.25) is 10.0 Å². The smallest absolute Gasteiger partial charge is 0.243 e. The molecule has 0 unspecified atom stereocenters. The molecular formula is C32H39Cl2N3O5S. The zero-order valence-corrected chi connectivity index (χ0v) is 27.5. The van der Waals surface area contributed by atoms with Crippen molar-refractivity contribution in [2.45, 2.75) is 58.2 Å². The van der Waals surface area contributed by atoms with Crippen LogP contribution in [0.15, 0.2) is 72.8 Å². The van der Waals surface area contributed by atoms with E-state index in [4.69, 9.17) is 27.9 Å². The molecule has 0 radical (unpaired) electrons. The van der Waals surface area contributed by atoms with E-state index >= 15 is 0 Å². The van der Waals surface area contributed by atoms with Gasteiger partial charge in [0.2, 0.25) is 21.8 Å². The minimum Gasteiger partial charge on any atom is -0.495 e. The van der Waals surface area contributed by atoms with Gasteiger partial charge in [-0.1, -0.05) is 71.7 Å². The number of ether oxygens (including phenoxy) is 1. The third kappa shape index (κ3) is 10.2. The van der Waals surface area contributed by atoms with Crippen molar-refractivity contribution in [3.8, 4) is 5.75 Å². The Morgan fingerprint density at radius 1 is 0.930 bits per heavy atom. The number of carbonyl (C=O) groups excluding carboxylic acids is 2. The minimum absolute atomic E-state index is 0.00339. The van der Waals surface area contributed by atoms with Crippen LogP contribution in [0.3, 0.4) is 0 Å². The molecule has 3 rings (SSSR count). The summed E-state index contributed by atoms with van der Waals surface area (Å²) in [6, 6.07) is 20.6. The second kappa shape index (κ2) is 14.9. The summed E-state index contributed by atoms with van der Waals surface area (Å²) in [5, 5.41) is 3.75. The molecule has 0 aliphatic carbocycles. The van der Waals surface area contributed by atoms with E-state index < -0.39 is 21.6 Å². The predicted molar refractivity (Wildman–Crippen MR) is 173 cm³/mol. The van der Waals surface area contributed by atoms with E-state index in [1.54, 1.807) is 47.4 Å². The van der Waals surface area contributed by atoms with Crippen LogP contribution in [0.25, 0.3) is 0 Å². The van der Waals surface area contributed by atoms with Crippen molar-refractivity contribution in [1.29, 1.82) is 0 Å². The number of rotatable bonds is 13. The Kier molecular flexibility index (Phi) is 11.9. The van der Waals surface area contributed by atoms with Gasteiger partial charge < -0.3 is 15.0 Å². The highest BCUT2D eigenvalue weighted by molar-refractivity contribution is 7.92. The number of benzene rings is 3. The van der Waals surface area contributed by atoms with Gasteiger partial charge in [0, 0.05) is 31.5 Å². The third-order valence-corrected chi connectivity index (χ3v) is 8.53. The van der Waals surface area contributed by atoms with E-state index in [-0.39, 0.29) is 44.2 Å². The molecule has 1 atom stereocenters. The van der Waals surface area contributed by atoms with Gasteiger partial charge in [0.05, 0.1) is 29.1 Å². The summed E-state index contributed by atoms with van der Waals surface area (Å²) in [6.45, 7) is 5.80. The molecule has 3 aromatic rings. The largest absolute Gasteiger partial charge is 0.495 e. The Morgan fingerprint density at radius 3 is 2.19 bits per heavy atom. The first kappa shape index (κ1) is 34.2. The Bertz CT molecular complexity index is 1510. The van der Waals surface area contributed by atoms with Crippen LogP contribution >= 0.6 is 23.2 Å². The molecule has 0 fully saturated rings. The number of carbonyl (C=O) groups is 2. The number of sulfonamides is 1. The fraction of sp³-hybridized carbons (Fsp3) is 0.375. The van der Waals surface area contributed by atoms with Crippen molar-refractivity contribution < 1.29 is 22.7 Å². The first-order valence-electron chi connectivity index (χ1n) is 13.9. The van der Waals surface area contributed by atoms with Crippen LogP contribution in [0.1, 0.15) is 44.7 Å². The molecule has 1 N–H and O–H groups in total. The number of nitrogens with zero attached hydrogens (tertiary/aromatic N) is 2. The van der Waals surface area contributed by atoms with Gasteiger partial charge in [-0.25, -0.2) is 8.42 Å². The van der Waals surface area contributed by atoms with Gasteiger partial charge in [0.15, 0.2) is 0 Å². The fourth-order valence-electron chi connectivity index (χ4n) is 4.66. The van der Waals surface area contributed by atoms with Gasteiger partial charge in [-0.2, -0.15) is 0 Å². The van der Waals surface area contributed by atoms with Gasteiger partial charge >= 0.3 is 0 Å². The average molecular weight is 649 g/mol. The average Bonchev–Trinajstić information content (AvgIpc) is 2.93. The number of methoxy groups -OCH3 is 1. The lowest BCUT2D eigenvalue weighted by atomic mass is 10.00. The SMILES string of the molecule is COc1ccccc1N(CCCC(=O)N(Cc1ccc(Cl)c(Cl)c1)[C@H](Cc1ccccc1)C(=O)NC(C)(C)C)S(C)(=O)=O. The van der Waals surface area contributed by atoms with Crippen LogP contribution in [0.5, 0.6) is 5.75 Å². The molecule has 0 heterocycles. The maximum absolute atomic E-state index is 14.0. The van der Waals surface area contributed by atoms with Crippen LogP contribution in [-0.4, -0.2) is 56.6 Å². The summed E-state index contributed by atoms with van der Waals surface area (Å²) in [6.07, 6.45) is 1.61. The first-order chi connectivity index (χ1) is 20.2. The van der Waals surface area contributed by atoms with Crippen molar-refractivity contribution in [3.05, 3.63) is 94.0 Å². The Hall–Kier alpha value is -3.27. The number of para-hydroxylation sites is 2. The highest BCUT2D eigenvalue weighted by Gasteiger charge is 2.32. The zero-order chi connectivity index (χ0) is 31.8. The second-order valence-electron chi connectivity index (χ2n) is 11.3. The molecule has 232 valence electrons. The fourth-order valence-corrected chi connectivity index (χ4v) is 5.95. The number of amides is 2. The second-order valence-corrected chi connectivity index (χ2v) is 14.0. The van der Waals surface area contributed by atoms with Crippen molar-refractivity contribution in [3.63, 3.8) is 0 Å². The summed E-state index contributed by atoms with van der Waals surface area (Å²) in [4.78, 5) is 29.3. The van der Waals surface area contributed by atoms with Crippen molar-refractivity contribution >= 4 is 50.7 Å². The monoisotopic (exact) mass is 647 g/mol. The van der Waals surface area contributed by atoms with Crippen molar-refractivity contribution in [2.24, 2.45) is 0 Å². The lowest BCUT2D eigenvalue weighted by Crippen LogP contribution is -2.54. The molecule has 8 nitrogen and oxygen atoms in total. The maximum atomic E-state index is 14.0. The van der Waals surface area contributed by atoms with E-state index in [1.807, 2.05) is 51.1 Å². The summed E-state index contributed by atoms with van der Waals surface area (Å²) in [5.74, 6) is -0.191. The quantitative estimate of drug-likeness (QED) is 0.242. The molecule has 0 spiro atoms. The zero-order valence-electron chi connectivity index (χ0n) is 25.1. The Morgan fingerprint density at radius 2 is 1.58 bits per heavy atom. The minimum atomic E-state index is -3.68. The number of hydrogen-bond acceptors (Lipinski definition) is 5. The maximum Gasteiger partial charge on any atom is 0.243 e. The summed E-state index contributed by atoms with van der Waals surface area (Å²) in [7, 11) is -2.21. The summed E-state index contributed by atoms with van der Waals surface area (Å²) in [5.41, 5.74) is 1.45. The van der Waals surface area contributed by atoms with Crippen molar-refractivity contribution in [2.75, 3.05) is 24.2 Å². The number of halogens is 2. The molecule has 0 aliphatic heterocycles. The van der Waals surface area contributed by atoms with Gasteiger partial charge in [-0.15, -0.1) is 0 Å². The number of nitrogens with one attached hydrogen (secondary N) is 1. The molecule has 0 bridgehead atoms. The molecule has 0 aromatic heterocycles. The highest BCUT2D eigenvalue weighted by atomic mass is 35.5. The Labute approximate surface area is 265 Å². The van der Waals surface area contributed by atoms with Crippen LogP contribution in [-0.2, 0) is 32.6 Å². The predicted octanol–water partition coefficient (Wildman–Crippen LogP) is 6.10. The first-order valence-corrected chi connectivity index (χ1v) is 16.5. The molecule has 0 aliphatic rings. The molecular weight excluding hydrogens is 609 g/mol. The molecule has 3 aromatic carbocycles. The van der Waals surface area contributed by atoms with Gasteiger partial charge in [0.1, 0.15) is 11.8 Å². The van der Waals surface area contributed by atoms with Crippen LogP contribution in [0.4, 0.5) is 5.69 Å². The van der Waals surface area contributed by atoms with E-state index in [0.717, 1.165) is 11.8 Å². The molecule has 11 heteroatoms. The number of anilines is 1. The molecule has 43 heavy (non-hydrogen) atoms. The van der Waals surface area contributed by atoms with E-state index in [9.17, 15) is 18.0 Å². The van der Waals surface area contributed by atoms with E-state index in [0.29, 0.717) is 27.0 Å². The lowest BCUT2D eigenvalue weighted by molar-refractivity contribution is -0.142.